The topological polar surface area (TPSA) is 21.3 Å². The van der Waals surface area contributed by atoms with Gasteiger partial charge >= 0.3 is 0 Å². The molecule has 0 amide bonds. The number of aryl methyl sites for hydroxylation is 1. The van der Waals surface area contributed by atoms with Gasteiger partial charge in [0.1, 0.15) is 5.75 Å². The van der Waals surface area contributed by atoms with Crippen LogP contribution in [0.1, 0.15) is 63.0 Å². The number of rotatable bonds is 9. The summed E-state index contributed by atoms with van der Waals surface area (Å²) in [6, 6.07) is 7.19. The average molecular weight is 326 g/mol. The molecule has 22 heavy (non-hydrogen) atoms. The first kappa shape index (κ1) is 19.3. The van der Waals surface area contributed by atoms with Crippen molar-refractivity contribution < 1.29 is 4.74 Å². The number of halogens is 1. The summed E-state index contributed by atoms with van der Waals surface area (Å²) in [5, 5.41) is 3.75. The summed E-state index contributed by atoms with van der Waals surface area (Å²) in [6.07, 6.45) is 11.9. The SMILES string of the molecule is CCCCCCCCNC1CCc2ccc(OC)cc2C1.Cl. The number of hydrogen-bond donors (Lipinski definition) is 1. The molecule has 0 aromatic heterocycles. The van der Waals surface area contributed by atoms with Crippen molar-refractivity contribution >= 4 is 12.4 Å². The van der Waals surface area contributed by atoms with E-state index in [1.165, 1.54) is 69.0 Å². The third-order valence-electron chi connectivity index (χ3n) is 4.61. The lowest BCUT2D eigenvalue weighted by atomic mass is 9.88. The zero-order valence-corrected chi connectivity index (χ0v) is 15.0. The molecule has 0 bridgehead atoms. The molecule has 1 aromatic rings. The molecule has 1 aliphatic carbocycles. The molecule has 1 unspecified atom stereocenters. The van der Waals surface area contributed by atoms with E-state index >= 15 is 0 Å². The summed E-state index contributed by atoms with van der Waals surface area (Å²) in [7, 11) is 1.75. The Morgan fingerprint density at radius 1 is 1.09 bits per heavy atom. The number of nitrogens with one attached hydrogen (secondary N) is 1. The van der Waals surface area contributed by atoms with Crippen LogP contribution in [0.3, 0.4) is 0 Å². The Labute approximate surface area is 142 Å². The van der Waals surface area contributed by atoms with Gasteiger partial charge in [0, 0.05) is 6.04 Å². The normalized spacial score (nSPS) is 16.7. The standard InChI is InChI=1S/C19H31NO.ClH/c1-3-4-5-6-7-8-13-20-18-11-9-16-10-12-19(21-2)15-17(16)14-18;/h10,12,15,18,20H,3-9,11,13-14H2,1-2H3;1H. The fraction of sp³-hybridized carbons (Fsp3) is 0.684. The van der Waals surface area contributed by atoms with E-state index in [9.17, 15) is 0 Å². The molecule has 0 spiro atoms. The Hall–Kier alpha value is -0.730. The molecule has 3 heteroatoms. The Bertz CT molecular complexity index is 422. The molecule has 1 aliphatic rings. The van der Waals surface area contributed by atoms with Gasteiger partial charge in [-0.2, -0.15) is 0 Å². The quantitative estimate of drug-likeness (QED) is 0.650. The minimum absolute atomic E-state index is 0. The monoisotopic (exact) mass is 325 g/mol. The van der Waals surface area contributed by atoms with Gasteiger partial charge in [-0.1, -0.05) is 45.1 Å². The fourth-order valence-corrected chi connectivity index (χ4v) is 3.25. The van der Waals surface area contributed by atoms with E-state index in [0.717, 1.165) is 12.2 Å². The third-order valence-corrected chi connectivity index (χ3v) is 4.61. The highest BCUT2D eigenvalue weighted by molar-refractivity contribution is 5.85. The number of unbranched alkanes of at least 4 members (excludes halogenated alkanes) is 5. The summed E-state index contributed by atoms with van der Waals surface area (Å²) in [4.78, 5) is 0. The predicted molar refractivity (Wildman–Crippen MR) is 97.4 cm³/mol. The van der Waals surface area contributed by atoms with Gasteiger partial charge in [-0.3, -0.25) is 0 Å². The van der Waals surface area contributed by atoms with Crippen molar-refractivity contribution in [1.29, 1.82) is 0 Å². The largest absolute Gasteiger partial charge is 0.497 e. The Balaban J connectivity index is 0.00000242. The van der Waals surface area contributed by atoms with Gasteiger partial charge in [0.15, 0.2) is 0 Å². The number of hydrogen-bond acceptors (Lipinski definition) is 2. The molecule has 1 aromatic carbocycles. The van der Waals surface area contributed by atoms with E-state index in [1.54, 1.807) is 7.11 Å². The molecule has 0 heterocycles. The van der Waals surface area contributed by atoms with E-state index in [2.05, 4.69) is 30.4 Å². The van der Waals surface area contributed by atoms with Crippen molar-refractivity contribution in [3.05, 3.63) is 29.3 Å². The highest BCUT2D eigenvalue weighted by atomic mass is 35.5. The van der Waals surface area contributed by atoms with Crippen molar-refractivity contribution in [2.75, 3.05) is 13.7 Å². The van der Waals surface area contributed by atoms with Gasteiger partial charge in [-0.15, -0.1) is 12.4 Å². The van der Waals surface area contributed by atoms with Crippen molar-refractivity contribution in [3.63, 3.8) is 0 Å². The number of ether oxygens (including phenoxy) is 1. The summed E-state index contributed by atoms with van der Waals surface area (Å²) < 4.78 is 5.34. The lowest BCUT2D eigenvalue weighted by molar-refractivity contribution is 0.410. The van der Waals surface area contributed by atoms with Gasteiger partial charge in [-0.05, 0) is 55.5 Å². The molecular weight excluding hydrogens is 294 g/mol. The van der Waals surface area contributed by atoms with E-state index in [1.807, 2.05) is 0 Å². The van der Waals surface area contributed by atoms with Crippen LogP contribution in [0.5, 0.6) is 5.75 Å². The van der Waals surface area contributed by atoms with Crippen molar-refractivity contribution in [3.8, 4) is 5.75 Å². The summed E-state index contributed by atoms with van der Waals surface area (Å²) in [5.74, 6) is 0.991. The molecule has 0 saturated carbocycles. The first-order valence-corrected chi connectivity index (χ1v) is 8.72. The maximum atomic E-state index is 5.34. The predicted octanol–water partition coefficient (Wildman–Crippen LogP) is 4.92. The summed E-state index contributed by atoms with van der Waals surface area (Å²) in [6.45, 7) is 3.45. The van der Waals surface area contributed by atoms with Crippen molar-refractivity contribution in [2.45, 2.75) is 70.8 Å². The van der Waals surface area contributed by atoms with E-state index in [-0.39, 0.29) is 12.4 Å². The fourth-order valence-electron chi connectivity index (χ4n) is 3.25. The molecule has 0 radical (unpaired) electrons. The van der Waals surface area contributed by atoms with Crippen LogP contribution >= 0.6 is 12.4 Å². The molecule has 126 valence electrons. The highest BCUT2D eigenvalue weighted by Gasteiger charge is 2.18. The number of fused-ring (bicyclic) bond motifs is 1. The van der Waals surface area contributed by atoms with E-state index in [0.29, 0.717) is 6.04 Å². The summed E-state index contributed by atoms with van der Waals surface area (Å²) >= 11 is 0. The van der Waals surface area contributed by atoms with E-state index in [4.69, 9.17) is 4.74 Å². The van der Waals surface area contributed by atoms with Gasteiger partial charge in [0.05, 0.1) is 7.11 Å². The Morgan fingerprint density at radius 3 is 2.64 bits per heavy atom. The van der Waals surface area contributed by atoms with Gasteiger partial charge in [0.25, 0.3) is 0 Å². The second kappa shape index (κ2) is 10.9. The van der Waals surface area contributed by atoms with Crippen LogP contribution < -0.4 is 10.1 Å². The average Bonchev–Trinajstić information content (AvgIpc) is 2.53. The molecule has 2 nitrogen and oxygen atoms in total. The van der Waals surface area contributed by atoms with Gasteiger partial charge in [0.2, 0.25) is 0 Å². The van der Waals surface area contributed by atoms with Crippen molar-refractivity contribution in [2.24, 2.45) is 0 Å². The maximum absolute atomic E-state index is 5.34. The second-order valence-electron chi connectivity index (χ2n) is 6.30. The van der Waals surface area contributed by atoms with E-state index < -0.39 is 0 Å². The zero-order valence-electron chi connectivity index (χ0n) is 14.2. The van der Waals surface area contributed by atoms with Crippen LogP contribution in [0, 0.1) is 0 Å². The van der Waals surface area contributed by atoms with Crippen LogP contribution in [0.2, 0.25) is 0 Å². The first-order chi connectivity index (χ1) is 10.3. The highest BCUT2D eigenvalue weighted by Crippen LogP contribution is 2.25. The second-order valence-corrected chi connectivity index (χ2v) is 6.30. The molecule has 1 atom stereocenters. The molecule has 0 saturated heterocycles. The zero-order chi connectivity index (χ0) is 14.9. The lowest BCUT2D eigenvalue weighted by Gasteiger charge is -2.26. The molecule has 2 rings (SSSR count). The van der Waals surface area contributed by atoms with Crippen LogP contribution in [-0.2, 0) is 12.8 Å². The first-order valence-electron chi connectivity index (χ1n) is 8.72. The van der Waals surface area contributed by atoms with Crippen molar-refractivity contribution in [1.82, 2.24) is 5.32 Å². The van der Waals surface area contributed by atoms with Gasteiger partial charge in [-0.25, -0.2) is 0 Å². The number of benzene rings is 1. The Morgan fingerprint density at radius 2 is 1.86 bits per heavy atom. The summed E-state index contributed by atoms with van der Waals surface area (Å²) in [5.41, 5.74) is 2.98. The maximum Gasteiger partial charge on any atom is 0.119 e. The van der Waals surface area contributed by atoms with Gasteiger partial charge < -0.3 is 10.1 Å². The minimum Gasteiger partial charge on any atom is -0.497 e. The Kier molecular flexibility index (Phi) is 9.58. The van der Waals surface area contributed by atoms with Crippen LogP contribution in [0.25, 0.3) is 0 Å². The lowest BCUT2D eigenvalue weighted by Crippen LogP contribution is -2.35. The van der Waals surface area contributed by atoms with Crippen LogP contribution in [0.15, 0.2) is 18.2 Å². The van der Waals surface area contributed by atoms with Crippen LogP contribution in [0.4, 0.5) is 0 Å². The molecule has 0 aliphatic heterocycles. The molecular formula is C19H32ClNO. The molecule has 0 fully saturated rings. The smallest absolute Gasteiger partial charge is 0.119 e. The van der Waals surface area contributed by atoms with Crippen LogP contribution in [-0.4, -0.2) is 19.7 Å². The third kappa shape index (κ3) is 6.18. The minimum atomic E-state index is 0. The number of methoxy groups -OCH3 is 1. The molecule has 1 N–H and O–H groups in total.